The van der Waals surface area contributed by atoms with Gasteiger partial charge in [0.15, 0.2) is 0 Å². The highest BCUT2D eigenvalue weighted by Crippen LogP contribution is 2.31. The van der Waals surface area contributed by atoms with Crippen LogP contribution in [0.1, 0.15) is 12.8 Å². The maximum Gasteiger partial charge on any atom is 0.245 e. The van der Waals surface area contributed by atoms with Gasteiger partial charge in [-0.05, 0) is 37.1 Å². The third-order valence-corrected chi connectivity index (χ3v) is 7.24. The van der Waals surface area contributed by atoms with Gasteiger partial charge in [0, 0.05) is 19.0 Å². The van der Waals surface area contributed by atoms with Gasteiger partial charge in [-0.3, -0.25) is 4.79 Å². The summed E-state index contributed by atoms with van der Waals surface area (Å²) in [5, 5.41) is 3.32. The first-order chi connectivity index (χ1) is 12.8. The molecular weight excluding hydrogens is 414 g/mol. The standard InChI is InChI=1S/C18H17Cl2FN2O3S/c19-13-4-3-6-15(17(13)20)22-18(24)12-8-10-23(11-9-12)27(25,26)16-7-2-1-5-14(16)21/h1-7,12H,8-11H2,(H,22,24). The summed E-state index contributed by atoms with van der Waals surface area (Å²) in [6.45, 7) is 0.274. The molecule has 2 aromatic carbocycles. The lowest BCUT2D eigenvalue weighted by Gasteiger charge is -2.30. The fourth-order valence-electron chi connectivity index (χ4n) is 2.99. The van der Waals surface area contributed by atoms with E-state index in [0.717, 1.165) is 6.07 Å². The van der Waals surface area contributed by atoms with Crippen molar-refractivity contribution in [3.8, 4) is 0 Å². The van der Waals surface area contributed by atoms with E-state index in [0.29, 0.717) is 23.6 Å². The van der Waals surface area contributed by atoms with Gasteiger partial charge < -0.3 is 5.32 Å². The van der Waals surface area contributed by atoms with Crippen LogP contribution < -0.4 is 5.32 Å². The van der Waals surface area contributed by atoms with Crippen LogP contribution in [0.2, 0.25) is 10.0 Å². The molecule has 0 atom stereocenters. The number of hydrogen-bond acceptors (Lipinski definition) is 3. The number of nitrogens with zero attached hydrogens (tertiary/aromatic N) is 1. The largest absolute Gasteiger partial charge is 0.324 e. The molecule has 2 aromatic rings. The number of hydrogen-bond donors (Lipinski definition) is 1. The summed E-state index contributed by atoms with van der Waals surface area (Å²) < 4.78 is 40.3. The van der Waals surface area contributed by atoms with Crippen molar-refractivity contribution in [1.29, 1.82) is 0 Å². The van der Waals surface area contributed by atoms with Crippen molar-refractivity contribution in [1.82, 2.24) is 4.31 Å². The molecule has 1 heterocycles. The van der Waals surface area contributed by atoms with E-state index in [-0.39, 0.29) is 34.8 Å². The van der Waals surface area contributed by atoms with E-state index < -0.39 is 15.8 Å². The molecule has 27 heavy (non-hydrogen) atoms. The summed E-state index contributed by atoms with van der Waals surface area (Å²) in [5.41, 5.74) is 0.413. The predicted molar refractivity (Wildman–Crippen MR) is 103 cm³/mol. The fourth-order valence-corrected chi connectivity index (χ4v) is 4.87. The molecular formula is C18H17Cl2FN2O3S. The van der Waals surface area contributed by atoms with E-state index in [2.05, 4.69) is 5.32 Å². The molecule has 0 aromatic heterocycles. The monoisotopic (exact) mass is 430 g/mol. The van der Waals surface area contributed by atoms with E-state index in [4.69, 9.17) is 23.2 Å². The Bertz CT molecular complexity index is 961. The molecule has 5 nitrogen and oxygen atoms in total. The van der Waals surface area contributed by atoms with Crippen molar-refractivity contribution in [2.45, 2.75) is 17.7 Å². The zero-order valence-corrected chi connectivity index (χ0v) is 16.5. The highest BCUT2D eigenvalue weighted by molar-refractivity contribution is 7.89. The summed E-state index contributed by atoms with van der Waals surface area (Å²) in [6.07, 6.45) is 0.662. The summed E-state index contributed by atoms with van der Waals surface area (Å²) in [7, 11) is -3.92. The van der Waals surface area contributed by atoms with Crippen LogP contribution >= 0.6 is 23.2 Å². The minimum atomic E-state index is -3.92. The Kier molecular flexibility index (Phi) is 6.05. The number of nitrogens with one attached hydrogen (secondary N) is 1. The summed E-state index contributed by atoms with van der Waals surface area (Å²) in [5.74, 6) is -1.40. The number of anilines is 1. The molecule has 144 valence electrons. The maximum absolute atomic E-state index is 13.9. The Labute approximate surface area is 167 Å². The Balaban J connectivity index is 1.66. The van der Waals surface area contributed by atoms with Gasteiger partial charge in [0.2, 0.25) is 15.9 Å². The molecule has 1 aliphatic rings. The highest BCUT2D eigenvalue weighted by atomic mass is 35.5. The SMILES string of the molecule is O=C(Nc1cccc(Cl)c1Cl)C1CCN(S(=O)(=O)c2ccccc2F)CC1. The number of halogens is 3. The van der Waals surface area contributed by atoms with E-state index in [9.17, 15) is 17.6 Å². The number of amides is 1. The van der Waals surface area contributed by atoms with Crippen LogP contribution in [0.4, 0.5) is 10.1 Å². The summed E-state index contributed by atoms with van der Waals surface area (Å²) >= 11 is 12.0. The first-order valence-electron chi connectivity index (χ1n) is 8.30. The molecule has 1 fully saturated rings. The third kappa shape index (κ3) is 4.27. The molecule has 0 unspecified atom stereocenters. The van der Waals surface area contributed by atoms with E-state index in [1.165, 1.54) is 22.5 Å². The van der Waals surface area contributed by atoms with Gasteiger partial charge in [-0.25, -0.2) is 12.8 Å². The molecule has 0 spiro atoms. The molecule has 0 bridgehead atoms. The molecule has 0 aliphatic carbocycles. The van der Waals surface area contributed by atoms with Crippen LogP contribution in [-0.2, 0) is 14.8 Å². The van der Waals surface area contributed by atoms with Gasteiger partial charge in [-0.15, -0.1) is 0 Å². The minimum Gasteiger partial charge on any atom is -0.324 e. The van der Waals surface area contributed by atoms with Gasteiger partial charge in [-0.1, -0.05) is 41.4 Å². The Morgan fingerprint density at radius 2 is 1.74 bits per heavy atom. The van der Waals surface area contributed by atoms with Crippen LogP contribution in [0, 0.1) is 11.7 Å². The van der Waals surface area contributed by atoms with Crippen LogP contribution in [0.5, 0.6) is 0 Å². The second-order valence-electron chi connectivity index (χ2n) is 6.20. The van der Waals surface area contributed by atoms with Crippen molar-refractivity contribution in [2.24, 2.45) is 5.92 Å². The van der Waals surface area contributed by atoms with Gasteiger partial charge in [0.05, 0.1) is 15.7 Å². The van der Waals surface area contributed by atoms with Gasteiger partial charge in [0.1, 0.15) is 10.7 Å². The van der Waals surface area contributed by atoms with Crippen molar-refractivity contribution in [3.05, 3.63) is 58.3 Å². The van der Waals surface area contributed by atoms with E-state index in [1.54, 1.807) is 18.2 Å². The molecule has 0 saturated carbocycles. The van der Waals surface area contributed by atoms with E-state index >= 15 is 0 Å². The molecule has 1 N–H and O–H groups in total. The van der Waals surface area contributed by atoms with Crippen LogP contribution in [0.25, 0.3) is 0 Å². The number of sulfonamides is 1. The quantitative estimate of drug-likeness (QED) is 0.790. The second-order valence-corrected chi connectivity index (χ2v) is 8.89. The summed E-state index contributed by atoms with van der Waals surface area (Å²) in [4.78, 5) is 12.1. The third-order valence-electron chi connectivity index (χ3n) is 4.49. The van der Waals surface area contributed by atoms with Crippen LogP contribution in [0.15, 0.2) is 47.4 Å². The smallest absolute Gasteiger partial charge is 0.245 e. The van der Waals surface area contributed by atoms with Gasteiger partial charge in [0.25, 0.3) is 0 Å². The molecule has 3 rings (SSSR count). The Morgan fingerprint density at radius 1 is 1.07 bits per heavy atom. The van der Waals surface area contributed by atoms with Gasteiger partial charge in [-0.2, -0.15) is 4.31 Å². The number of carbonyl (C=O) groups excluding carboxylic acids is 1. The zero-order chi connectivity index (χ0) is 19.6. The predicted octanol–water partition coefficient (Wildman–Crippen LogP) is 4.17. The lowest BCUT2D eigenvalue weighted by atomic mass is 9.97. The topological polar surface area (TPSA) is 66.5 Å². The van der Waals surface area contributed by atoms with Crippen LogP contribution in [-0.4, -0.2) is 31.7 Å². The fraction of sp³-hybridized carbons (Fsp3) is 0.278. The number of piperidine rings is 1. The highest BCUT2D eigenvalue weighted by Gasteiger charge is 2.33. The molecule has 0 radical (unpaired) electrons. The molecule has 1 saturated heterocycles. The van der Waals surface area contributed by atoms with Crippen molar-refractivity contribution < 1.29 is 17.6 Å². The first-order valence-corrected chi connectivity index (χ1v) is 10.5. The van der Waals surface area contributed by atoms with Crippen molar-refractivity contribution >= 4 is 44.8 Å². The lowest BCUT2D eigenvalue weighted by molar-refractivity contribution is -0.120. The normalized spacial score (nSPS) is 16.3. The van der Waals surface area contributed by atoms with E-state index in [1.807, 2.05) is 0 Å². The number of rotatable bonds is 4. The Hall–Kier alpha value is -1.67. The molecule has 9 heteroatoms. The minimum absolute atomic E-state index is 0.137. The van der Waals surface area contributed by atoms with Gasteiger partial charge >= 0.3 is 0 Å². The maximum atomic E-state index is 13.9. The molecule has 1 aliphatic heterocycles. The zero-order valence-electron chi connectivity index (χ0n) is 14.2. The second kappa shape index (κ2) is 8.14. The van der Waals surface area contributed by atoms with Crippen molar-refractivity contribution in [3.63, 3.8) is 0 Å². The van der Waals surface area contributed by atoms with Crippen molar-refractivity contribution in [2.75, 3.05) is 18.4 Å². The Morgan fingerprint density at radius 3 is 2.41 bits per heavy atom. The molecule has 1 amide bonds. The number of carbonyl (C=O) groups is 1. The van der Waals surface area contributed by atoms with Crippen LogP contribution in [0.3, 0.4) is 0 Å². The average Bonchev–Trinajstić information content (AvgIpc) is 2.65. The number of benzene rings is 2. The lowest BCUT2D eigenvalue weighted by Crippen LogP contribution is -2.41. The summed E-state index contributed by atoms with van der Waals surface area (Å²) in [6, 6.07) is 10.2. The first kappa shape index (κ1) is 20.1. The average molecular weight is 431 g/mol.